The number of nitriles is 1. The molecule has 0 bridgehead atoms. The van der Waals surface area contributed by atoms with Gasteiger partial charge in [-0.3, -0.25) is 9.69 Å². The van der Waals surface area contributed by atoms with Crippen molar-refractivity contribution >= 4 is 28.7 Å². The van der Waals surface area contributed by atoms with Crippen LogP contribution < -0.4 is 9.47 Å². The highest BCUT2D eigenvalue weighted by Crippen LogP contribution is 2.50. The van der Waals surface area contributed by atoms with Gasteiger partial charge in [0.05, 0.1) is 29.9 Å². The monoisotopic (exact) mass is 654 g/mol. The Bertz CT molecular complexity index is 1940. The molecule has 0 amide bonds. The quantitative estimate of drug-likeness (QED) is 0.190. The summed E-state index contributed by atoms with van der Waals surface area (Å²) >= 11 is 5.83. The Hall–Kier alpha value is -4.71. The fourth-order valence-electron chi connectivity index (χ4n) is 6.20. The molecule has 2 aliphatic carbocycles. The van der Waals surface area contributed by atoms with Crippen molar-refractivity contribution in [3.63, 3.8) is 0 Å². The maximum absolute atomic E-state index is 14.1. The minimum Gasteiger partial charge on any atom is -0.484 e. The van der Waals surface area contributed by atoms with Gasteiger partial charge in [0.1, 0.15) is 30.0 Å². The molecule has 1 N–H and O–H groups in total. The van der Waals surface area contributed by atoms with Crippen molar-refractivity contribution in [1.29, 1.82) is 5.26 Å². The van der Waals surface area contributed by atoms with Crippen molar-refractivity contribution in [3.8, 4) is 29.5 Å². The number of aliphatic carboxylic acids is 1. The predicted molar refractivity (Wildman–Crippen MR) is 170 cm³/mol. The van der Waals surface area contributed by atoms with Crippen LogP contribution in [0.2, 0.25) is 5.02 Å². The van der Waals surface area contributed by atoms with Crippen molar-refractivity contribution in [2.24, 2.45) is 11.3 Å². The van der Waals surface area contributed by atoms with Crippen LogP contribution in [0.1, 0.15) is 55.2 Å². The summed E-state index contributed by atoms with van der Waals surface area (Å²) in [5, 5.41) is 19.3. The van der Waals surface area contributed by atoms with Gasteiger partial charge in [0.25, 0.3) is 0 Å². The molecule has 2 atom stereocenters. The van der Waals surface area contributed by atoms with Gasteiger partial charge in [0.2, 0.25) is 5.88 Å². The second-order valence-corrected chi connectivity index (χ2v) is 13.0. The Labute approximate surface area is 276 Å². The van der Waals surface area contributed by atoms with Gasteiger partial charge in [-0.1, -0.05) is 29.5 Å². The summed E-state index contributed by atoms with van der Waals surface area (Å²) in [6, 6.07) is 15.8. The van der Waals surface area contributed by atoms with Gasteiger partial charge in [-0.25, -0.2) is 19.3 Å². The van der Waals surface area contributed by atoms with Gasteiger partial charge in [-0.15, -0.1) is 0 Å². The maximum Gasteiger partial charge on any atom is 0.320 e. The fraction of sp³-hybridized carbons (Fsp3) is 0.400. The van der Waals surface area contributed by atoms with Crippen LogP contribution in [0.3, 0.4) is 0 Å². The van der Waals surface area contributed by atoms with E-state index < -0.39 is 23.6 Å². The third-order valence-corrected chi connectivity index (χ3v) is 9.38. The molecule has 4 heterocycles. The van der Waals surface area contributed by atoms with Crippen LogP contribution in [0.15, 0.2) is 48.5 Å². The molecule has 4 aromatic rings. The smallest absolute Gasteiger partial charge is 0.320 e. The van der Waals surface area contributed by atoms with E-state index in [1.165, 1.54) is 12.1 Å². The molecule has 10 nitrogen and oxygen atoms in total. The molecule has 0 spiro atoms. The zero-order chi connectivity index (χ0) is 32.5. The third-order valence-electron chi connectivity index (χ3n) is 9.15. The summed E-state index contributed by atoms with van der Waals surface area (Å²) in [6.45, 7) is 2.96. The van der Waals surface area contributed by atoms with E-state index in [4.69, 9.17) is 31.0 Å². The molecule has 240 valence electrons. The number of benzene rings is 1. The van der Waals surface area contributed by atoms with Crippen molar-refractivity contribution < 1.29 is 23.8 Å². The number of hydrogen-bond acceptors (Lipinski definition) is 8. The number of carboxylic acids is 1. The number of imidazole rings is 1. The number of carboxylic acid groups (broad SMARTS) is 1. The van der Waals surface area contributed by atoms with Crippen LogP contribution in [0.4, 0.5) is 4.39 Å². The number of ether oxygens (including phenoxy) is 2. The van der Waals surface area contributed by atoms with Crippen LogP contribution in [-0.4, -0.2) is 54.7 Å². The number of nitrogens with zero attached hydrogens (tertiary/aromatic N) is 6. The van der Waals surface area contributed by atoms with Crippen molar-refractivity contribution in [1.82, 2.24) is 24.4 Å². The van der Waals surface area contributed by atoms with Crippen LogP contribution in [0, 0.1) is 40.3 Å². The van der Waals surface area contributed by atoms with Gasteiger partial charge >= 0.3 is 5.97 Å². The molecular weight excluding hydrogens is 623 g/mol. The van der Waals surface area contributed by atoms with Crippen LogP contribution in [0.25, 0.3) is 11.2 Å². The molecule has 47 heavy (non-hydrogen) atoms. The molecule has 3 aromatic heterocycles. The lowest BCUT2D eigenvalue weighted by atomic mass is 9.83. The highest BCUT2D eigenvalue weighted by Gasteiger charge is 2.44. The Morgan fingerprint density at radius 3 is 2.66 bits per heavy atom. The maximum atomic E-state index is 14.1. The second kappa shape index (κ2) is 12.8. The largest absolute Gasteiger partial charge is 0.484 e. The topological polar surface area (TPSA) is 126 Å². The van der Waals surface area contributed by atoms with E-state index >= 15 is 0 Å². The summed E-state index contributed by atoms with van der Waals surface area (Å²) in [6.07, 6.45) is 4.03. The lowest BCUT2D eigenvalue weighted by molar-refractivity contribution is -0.140. The lowest BCUT2D eigenvalue weighted by Crippen LogP contribution is -2.38. The highest BCUT2D eigenvalue weighted by atomic mass is 35.5. The van der Waals surface area contributed by atoms with Crippen molar-refractivity contribution in [2.45, 2.75) is 63.8 Å². The number of rotatable bonds is 12. The third kappa shape index (κ3) is 6.73. The summed E-state index contributed by atoms with van der Waals surface area (Å²) in [5.41, 5.74) is 2.65. The number of pyridine rings is 2. The zero-order valence-electron chi connectivity index (χ0n) is 25.5. The van der Waals surface area contributed by atoms with Crippen LogP contribution >= 0.6 is 11.6 Å². The number of aromatic nitrogens is 4. The van der Waals surface area contributed by atoms with E-state index in [-0.39, 0.29) is 23.9 Å². The second-order valence-electron chi connectivity index (χ2n) is 12.5. The molecule has 7 rings (SSSR count). The fourth-order valence-corrected chi connectivity index (χ4v) is 6.36. The average Bonchev–Trinajstić information content (AvgIpc) is 3.71. The molecule has 2 fully saturated rings. The number of halogens is 2. The minimum absolute atomic E-state index is 0.0113. The Morgan fingerprint density at radius 2 is 1.96 bits per heavy atom. The number of likely N-dealkylation sites (tertiary alicyclic amines) is 1. The molecule has 0 radical (unpaired) electrons. The lowest BCUT2D eigenvalue weighted by Gasteiger charge is -2.32. The molecule has 1 aliphatic heterocycles. The molecule has 1 aromatic carbocycles. The van der Waals surface area contributed by atoms with Crippen LogP contribution in [-0.2, 0) is 24.5 Å². The number of fused-ring (bicyclic) bond motifs is 1. The normalized spacial score (nSPS) is 20.1. The SMILES string of the molecule is N#CCC1(Cn2c(CN3CCC(Oc4cccc(COc5ccc(Cl)cc5F)n4)CC3)nc3ccc(C4C#CC4C(=O)O)nc32)CC1. The van der Waals surface area contributed by atoms with Gasteiger partial charge in [-0.05, 0) is 62.1 Å². The van der Waals surface area contributed by atoms with Gasteiger partial charge in [0, 0.05) is 42.6 Å². The van der Waals surface area contributed by atoms with E-state index in [9.17, 15) is 19.6 Å². The molecule has 1 saturated carbocycles. The summed E-state index contributed by atoms with van der Waals surface area (Å²) in [5.74, 6) is 4.52. The average molecular weight is 655 g/mol. The summed E-state index contributed by atoms with van der Waals surface area (Å²) in [7, 11) is 0. The molecule has 2 unspecified atom stereocenters. The molecule has 3 aliphatic rings. The van der Waals surface area contributed by atoms with Crippen LogP contribution in [0.5, 0.6) is 11.6 Å². The number of hydrogen-bond donors (Lipinski definition) is 1. The van der Waals surface area contributed by atoms with Crippen molar-refractivity contribution in [3.05, 3.63) is 76.6 Å². The first-order chi connectivity index (χ1) is 22.8. The number of carbonyl (C=O) groups is 1. The van der Waals surface area contributed by atoms with E-state index in [2.05, 4.69) is 32.4 Å². The standard InChI is InChI=1S/C35H32ClFN6O4/c36-22-4-9-30(27(37)18-22)46-20-23-2-1-3-32(39-23)47-24-10-16-42(17-11-24)19-31-40-29-8-7-28(25-5-6-26(25)34(44)45)41-33(29)43(31)21-35(12-13-35)14-15-38/h1-4,7-9,18,24-26H,10-14,16-17,19-21H2,(H,44,45). The first-order valence-corrected chi connectivity index (χ1v) is 16.1. The molecule has 1 saturated heterocycles. The van der Waals surface area contributed by atoms with E-state index in [0.717, 1.165) is 50.1 Å². The van der Waals surface area contributed by atoms with E-state index in [1.807, 2.05) is 24.3 Å². The molecular formula is C35H32ClFN6O4. The minimum atomic E-state index is -0.938. The first kappa shape index (κ1) is 30.9. The Morgan fingerprint density at radius 1 is 1.13 bits per heavy atom. The molecule has 12 heteroatoms. The Kier molecular flexibility index (Phi) is 8.44. The zero-order valence-corrected chi connectivity index (χ0v) is 26.3. The summed E-state index contributed by atoms with van der Waals surface area (Å²) in [4.78, 5) is 28.4. The highest BCUT2D eigenvalue weighted by molar-refractivity contribution is 6.30. The first-order valence-electron chi connectivity index (χ1n) is 15.7. The Balaban J connectivity index is 1.01. The van der Waals surface area contributed by atoms with Gasteiger partial charge in [0.15, 0.2) is 17.2 Å². The predicted octanol–water partition coefficient (Wildman–Crippen LogP) is 5.74. The van der Waals surface area contributed by atoms with E-state index in [0.29, 0.717) is 47.4 Å². The van der Waals surface area contributed by atoms with Gasteiger partial charge < -0.3 is 19.1 Å². The van der Waals surface area contributed by atoms with Gasteiger partial charge in [-0.2, -0.15) is 5.26 Å². The van der Waals surface area contributed by atoms with E-state index in [1.54, 1.807) is 12.1 Å². The summed E-state index contributed by atoms with van der Waals surface area (Å²) < 4.78 is 28.1. The van der Waals surface area contributed by atoms with Crippen molar-refractivity contribution in [2.75, 3.05) is 13.1 Å². The number of piperidine rings is 1.